The van der Waals surface area contributed by atoms with Crippen LogP contribution in [-0.4, -0.2) is 37.1 Å². The second-order valence-electron chi connectivity index (χ2n) is 5.69. The van der Waals surface area contributed by atoms with Gasteiger partial charge in [0, 0.05) is 18.5 Å². The van der Waals surface area contributed by atoms with Gasteiger partial charge in [0.05, 0.1) is 22.1 Å². The molecule has 9 heteroatoms. The Labute approximate surface area is 151 Å². The molecule has 0 saturated heterocycles. The molecule has 3 aromatic rings. The number of halogens is 2. The van der Waals surface area contributed by atoms with Crippen LogP contribution in [0.3, 0.4) is 0 Å². The van der Waals surface area contributed by atoms with Crippen molar-refractivity contribution in [2.45, 2.75) is 20.0 Å². The van der Waals surface area contributed by atoms with Crippen molar-refractivity contribution in [2.24, 2.45) is 0 Å². The molecule has 25 heavy (non-hydrogen) atoms. The summed E-state index contributed by atoms with van der Waals surface area (Å²) in [5.74, 6) is 0.693. The predicted molar refractivity (Wildman–Crippen MR) is 92.0 cm³/mol. The van der Waals surface area contributed by atoms with E-state index < -0.39 is 5.82 Å². The van der Waals surface area contributed by atoms with Gasteiger partial charge in [-0.2, -0.15) is 0 Å². The van der Waals surface area contributed by atoms with E-state index in [1.165, 1.54) is 12.1 Å². The number of hydrogen-bond donors (Lipinski definition) is 0. The minimum Gasteiger partial charge on any atom is -0.329 e. The van der Waals surface area contributed by atoms with Crippen molar-refractivity contribution in [1.82, 2.24) is 24.6 Å². The molecule has 2 aromatic heterocycles. The SMILES string of the molecule is Cc1nc(-c2nnc3n2CCN(C(=O)c2ccc(F)cc2Cl)C3)cs1. The molecule has 1 aliphatic heterocycles. The molecule has 0 saturated carbocycles. The molecule has 0 atom stereocenters. The lowest BCUT2D eigenvalue weighted by Gasteiger charge is -2.28. The Hall–Kier alpha value is -2.32. The summed E-state index contributed by atoms with van der Waals surface area (Å²) in [5, 5.41) is 11.4. The quantitative estimate of drug-likeness (QED) is 0.688. The number of carbonyl (C=O) groups excluding carboxylic acids is 1. The van der Waals surface area contributed by atoms with Crippen molar-refractivity contribution in [3.05, 3.63) is 50.8 Å². The van der Waals surface area contributed by atoms with E-state index in [9.17, 15) is 9.18 Å². The third-order valence-electron chi connectivity index (χ3n) is 4.05. The molecule has 0 fully saturated rings. The highest BCUT2D eigenvalue weighted by molar-refractivity contribution is 7.09. The third-order valence-corrected chi connectivity index (χ3v) is 5.14. The molecule has 1 aromatic carbocycles. The summed E-state index contributed by atoms with van der Waals surface area (Å²) in [4.78, 5) is 18.8. The summed E-state index contributed by atoms with van der Waals surface area (Å²) in [6.07, 6.45) is 0. The minimum absolute atomic E-state index is 0.107. The largest absolute Gasteiger partial charge is 0.329 e. The van der Waals surface area contributed by atoms with Crippen LogP contribution in [0.4, 0.5) is 4.39 Å². The van der Waals surface area contributed by atoms with E-state index in [0.717, 1.165) is 16.8 Å². The average Bonchev–Trinajstić information content (AvgIpc) is 3.19. The number of nitrogens with zero attached hydrogens (tertiary/aromatic N) is 5. The van der Waals surface area contributed by atoms with Crippen LogP contribution in [0, 0.1) is 12.7 Å². The summed E-state index contributed by atoms with van der Waals surface area (Å²) in [6.45, 7) is 3.32. The van der Waals surface area contributed by atoms with Crippen LogP contribution in [-0.2, 0) is 13.1 Å². The maximum absolute atomic E-state index is 13.2. The second-order valence-corrected chi connectivity index (χ2v) is 7.16. The lowest BCUT2D eigenvalue weighted by atomic mass is 10.1. The maximum atomic E-state index is 13.2. The molecule has 128 valence electrons. The van der Waals surface area contributed by atoms with Gasteiger partial charge in [-0.3, -0.25) is 4.79 Å². The van der Waals surface area contributed by atoms with Crippen LogP contribution in [0.25, 0.3) is 11.5 Å². The summed E-state index contributed by atoms with van der Waals surface area (Å²) >= 11 is 7.56. The summed E-state index contributed by atoms with van der Waals surface area (Å²) in [5.41, 5.74) is 1.08. The van der Waals surface area contributed by atoms with Crippen LogP contribution in [0.2, 0.25) is 5.02 Å². The van der Waals surface area contributed by atoms with E-state index in [2.05, 4.69) is 15.2 Å². The second kappa shape index (κ2) is 6.20. The van der Waals surface area contributed by atoms with Gasteiger partial charge in [0.2, 0.25) is 0 Å². The number of benzene rings is 1. The van der Waals surface area contributed by atoms with Crippen LogP contribution >= 0.6 is 22.9 Å². The number of carbonyl (C=O) groups is 1. The molecule has 0 spiro atoms. The molecular formula is C16H13ClFN5OS. The van der Waals surface area contributed by atoms with Crippen molar-refractivity contribution >= 4 is 28.8 Å². The van der Waals surface area contributed by atoms with Gasteiger partial charge in [-0.1, -0.05) is 11.6 Å². The summed E-state index contributed by atoms with van der Waals surface area (Å²) < 4.78 is 15.2. The first-order valence-electron chi connectivity index (χ1n) is 7.62. The Kier molecular flexibility index (Phi) is 4.01. The van der Waals surface area contributed by atoms with E-state index >= 15 is 0 Å². The summed E-state index contributed by atoms with van der Waals surface area (Å²) in [6, 6.07) is 3.78. The number of rotatable bonds is 2. The fourth-order valence-electron chi connectivity index (χ4n) is 2.82. The van der Waals surface area contributed by atoms with E-state index in [-0.39, 0.29) is 16.5 Å². The number of thiazole rings is 1. The van der Waals surface area contributed by atoms with E-state index in [4.69, 9.17) is 11.6 Å². The van der Waals surface area contributed by atoms with Crippen molar-refractivity contribution in [2.75, 3.05) is 6.54 Å². The predicted octanol–water partition coefficient (Wildman–Crippen LogP) is 3.16. The highest BCUT2D eigenvalue weighted by Crippen LogP contribution is 2.25. The Balaban J connectivity index is 1.59. The van der Waals surface area contributed by atoms with Crippen molar-refractivity contribution in [1.29, 1.82) is 0 Å². The molecule has 1 aliphatic rings. The van der Waals surface area contributed by atoms with Gasteiger partial charge in [-0.05, 0) is 25.1 Å². The average molecular weight is 378 g/mol. The molecule has 0 aliphatic carbocycles. The zero-order valence-corrected chi connectivity index (χ0v) is 14.8. The number of amides is 1. The first-order valence-corrected chi connectivity index (χ1v) is 8.87. The molecule has 1 amide bonds. The first-order chi connectivity index (χ1) is 12.0. The fourth-order valence-corrected chi connectivity index (χ4v) is 3.66. The summed E-state index contributed by atoms with van der Waals surface area (Å²) in [7, 11) is 0. The fraction of sp³-hybridized carbons (Fsp3) is 0.250. The molecule has 3 heterocycles. The van der Waals surface area contributed by atoms with Crippen LogP contribution in [0.15, 0.2) is 23.6 Å². The topological polar surface area (TPSA) is 63.9 Å². The molecule has 0 N–H and O–H groups in total. The Morgan fingerprint density at radius 3 is 2.88 bits per heavy atom. The van der Waals surface area contributed by atoms with E-state index in [1.807, 2.05) is 16.9 Å². The number of aromatic nitrogens is 4. The smallest absolute Gasteiger partial charge is 0.255 e. The monoisotopic (exact) mass is 377 g/mol. The first kappa shape index (κ1) is 16.2. The molecule has 0 unspecified atom stereocenters. The zero-order chi connectivity index (χ0) is 17.6. The molecule has 4 rings (SSSR count). The van der Waals surface area contributed by atoms with Gasteiger partial charge >= 0.3 is 0 Å². The lowest BCUT2D eigenvalue weighted by molar-refractivity contribution is 0.0708. The van der Waals surface area contributed by atoms with Gasteiger partial charge in [0.15, 0.2) is 11.6 Å². The minimum atomic E-state index is -0.469. The van der Waals surface area contributed by atoms with Crippen molar-refractivity contribution < 1.29 is 9.18 Å². The van der Waals surface area contributed by atoms with Gasteiger partial charge in [-0.25, -0.2) is 9.37 Å². The lowest BCUT2D eigenvalue weighted by Crippen LogP contribution is -2.38. The Morgan fingerprint density at radius 1 is 1.32 bits per heavy atom. The maximum Gasteiger partial charge on any atom is 0.255 e. The zero-order valence-electron chi connectivity index (χ0n) is 13.2. The molecule has 0 radical (unpaired) electrons. The molecular weight excluding hydrogens is 365 g/mol. The van der Waals surface area contributed by atoms with E-state index in [1.54, 1.807) is 16.2 Å². The van der Waals surface area contributed by atoms with Crippen LogP contribution in [0.1, 0.15) is 21.2 Å². The van der Waals surface area contributed by atoms with Gasteiger partial charge < -0.3 is 9.47 Å². The van der Waals surface area contributed by atoms with Crippen molar-refractivity contribution in [3.8, 4) is 11.5 Å². The molecule has 6 nitrogen and oxygen atoms in total. The standard InChI is InChI=1S/C16H13ClFN5OS/c1-9-19-13(8-25-9)15-21-20-14-7-22(4-5-23(14)15)16(24)11-3-2-10(18)6-12(11)17/h2-3,6,8H,4-5,7H2,1H3. The Bertz CT molecular complexity index is 969. The normalized spacial score (nSPS) is 13.8. The Morgan fingerprint density at radius 2 is 2.16 bits per heavy atom. The van der Waals surface area contributed by atoms with E-state index in [0.29, 0.717) is 31.3 Å². The third kappa shape index (κ3) is 2.91. The van der Waals surface area contributed by atoms with Gasteiger partial charge in [0.25, 0.3) is 5.91 Å². The van der Waals surface area contributed by atoms with Crippen molar-refractivity contribution in [3.63, 3.8) is 0 Å². The molecule has 0 bridgehead atoms. The van der Waals surface area contributed by atoms with Crippen LogP contribution in [0.5, 0.6) is 0 Å². The van der Waals surface area contributed by atoms with Gasteiger partial charge in [-0.15, -0.1) is 21.5 Å². The number of fused-ring (bicyclic) bond motifs is 1. The number of aryl methyl sites for hydroxylation is 1. The number of hydrogen-bond acceptors (Lipinski definition) is 5. The highest BCUT2D eigenvalue weighted by atomic mass is 35.5. The van der Waals surface area contributed by atoms with Crippen LogP contribution < -0.4 is 0 Å². The van der Waals surface area contributed by atoms with Gasteiger partial charge in [0.1, 0.15) is 11.5 Å². The highest BCUT2D eigenvalue weighted by Gasteiger charge is 2.27.